The van der Waals surface area contributed by atoms with Gasteiger partial charge in [0.2, 0.25) is 21.7 Å². The zero-order valence-corrected chi connectivity index (χ0v) is 16.8. The maximum Gasteiger partial charge on any atom is 0.259 e. The standard InChI is InChI=1S/C17H14Cl2N4O4S/c1-9-5-14(13(19)6-12(9)18)28(25,26)23-7-10(8-23)17-21-15(22-27-17)11-3-2-4-20-16(11)24/h2-6,10H,7-8H2,1H3,(H,20,24). The van der Waals surface area contributed by atoms with E-state index in [0.29, 0.717) is 10.6 Å². The molecule has 1 aliphatic rings. The monoisotopic (exact) mass is 440 g/mol. The second-order valence-corrected chi connectivity index (χ2v) is 9.14. The zero-order valence-electron chi connectivity index (χ0n) is 14.5. The van der Waals surface area contributed by atoms with Crippen LogP contribution in [0.15, 0.2) is 44.7 Å². The van der Waals surface area contributed by atoms with Crippen LogP contribution in [0.3, 0.4) is 0 Å². The van der Waals surface area contributed by atoms with Gasteiger partial charge in [0, 0.05) is 24.3 Å². The Kier molecular flexibility index (Phi) is 4.78. The van der Waals surface area contributed by atoms with Crippen molar-refractivity contribution in [3.8, 4) is 11.4 Å². The van der Waals surface area contributed by atoms with Gasteiger partial charge in [-0.3, -0.25) is 4.79 Å². The van der Waals surface area contributed by atoms with E-state index in [1.807, 2.05) is 0 Å². The van der Waals surface area contributed by atoms with Crippen molar-refractivity contribution in [2.24, 2.45) is 0 Å². The van der Waals surface area contributed by atoms with Crippen LogP contribution in [0.2, 0.25) is 10.0 Å². The molecule has 2 aromatic heterocycles. The molecule has 0 aliphatic carbocycles. The number of nitrogens with zero attached hydrogens (tertiary/aromatic N) is 3. The van der Waals surface area contributed by atoms with Crippen LogP contribution >= 0.6 is 23.2 Å². The lowest BCUT2D eigenvalue weighted by molar-refractivity contribution is 0.217. The molecule has 0 radical (unpaired) electrons. The summed E-state index contributed by atoms with van der Waals surface area (Å²) >= 11 is 12.1. The van der Waals surface area contributed by atoms with E-state index in [0.717, 1.165) is 0 Å². The van der Waals surface area contributed by atoms with Crippen LogP contribution in [0.5, 0.6) is 0 Å². The van der Waals surface area contributed by atoms with E-state index in [1.165, 1.54) is 22.6 Å². The highest BCUT2D eigenvalue weighted by Gasteiger charge is 2.41. The van der Waals surface area contributed by atoms with Gasteiger partial charge in [-0.1, -0.05) is 28.4 Å². The summed E-state index contributed by atoms with van der Waals surface area (Å²) in [6.07, 6.45) is 1.51. The van der Waals surface area contributed by atoms with Gasteiger partial charge in [0.15, 0.2) is 0 Å². The number of H-pyrrole nitrogens is 1. The first-order valence-electron chi connectivity index (χ1n) is 8.25. The highest BCUT2D eigenvalue weighted by Crippen LogP contribution is 2.35. The number of hydrogen-bond acceptors (Lipinski definition) is 6. The van der Waals surface area contributed by atoms with Gasteiger partial charge in [-0.15, -0.1) is 0 Å². The largest absolute Gasteiger partial charge is 0.339 e. The number of halogens is 2. The Morgan fingerprint density at radius 2 is 2.00 bits per heavy atom. The Hall–Kier alpha value is -2.20. The predicted octanol–water partition coefficient (Wildman–Crippen LogP) is 2.83. The molecule has 0 unspecified atom stereocenters. The van der Waals surface area contributed by atoms with E-state index in [9.17, 15) is 13.2 Å². The summed E-state index contributed by atoms with van der Waals surface area (Å²) in [6, 6.07) is 6.11. The van der Waals surface area contributed by atoms with Crippen molar-refractivity contribution in [2.75, 3.05) is 13.1 Å². The fourth-order valence-electron chi connectivity index (χ4n) is 2.87. The Balaban J connectivity index is 1.53. The fourth-order valence-corrected chi connectivity index (χ4v) is 5.20. The maximum atomic E-state index is 12.8. The first kappa shape index (κ1) is 19.1. The first-order chi connectivity index (χ1) is 13.3. The van der Waals surface area contributed by atoms with Gasteiger partial charge in [-0.05, 0) is 36.8 Å². The number of aromatic nitrogens is 3. The molecule has 0 bridgehead atoms. The van der Waals surface area contributed by atoms with Gasteiger partial charge in [-0.25, -0.2) is 8.42 Å². The zero-order chi connectivity index (χ0) is 20.1. The molecule has 1 aliphatic heterocycles. The second-order valence-electron chi connectivity index (χ2n) is 6.42. The van der Waals surface area contributed by atoms with E-state index in [-0.39, 0.29) is 51.8 Å². The third-order valence-corrected chi connectivity index (χ3v) is 7.23. The molecule has 0 amide bonds. The molecule has 3 aromatic rings. The highest BCUT2D eigenvalue weighted by molar-refractivity contribution is 7.89. The molecule has 146 valence electrons. The molecule has 0 saturated carbocycles. The van der Waals surface area contributed by atoms with Gasteiger partial charge in [0.1, 0.15) is 4.90 Å². The number of hydrogen-bond donors (Lipinski definition) is 1. The lowest BCUT2D eigenvalue weighted by Crippen LogP contribution is -2.48. The van der Waals surface area contributed by atoms with Gasteiger partial charge >= 0.3 is 0 Å². The molecule has 11 heteroatoms. The average Bonchev–Trinajstić information content (AvgIpc) is 3.06. The van der Waals surface area contributed by atoms with Crippen molar-refractivity contribution < 1.29 is 12.9 Å². The first-order valence-corrected chi connectivity index (χ1v) is 10.4. The number of nitrogens with one attached hydrogen (secondary N) is 1. The minimum Gasteiger partial charge on any atom is -0.339 e. The summed E-state index contributed by atoms with van der Waals surface area (Å²) in [4.78, 5) is 18.6. The van der Waals surface area contributed by atoms with Gasteiger partial charge < -0.3 is 9.51 Å². The SMILES string of the molecule is Cc1cc(S(=O)(=O)N2CC(c3nc(-c4ccc[nH]c4=O)no3)C2)c(Cl)cc1Cl. The Labute approximate surface area is 170 Å². The molecule has 1 aromatic carbocycles. The molecular weight excluding hydrogens is 427 g/mol. The number of aromatic amines is 1. The van der Waals surface area contributed by atoms with Crippen molar-refractivity contribution in [1.29, 1.82) is 0 Å². The quantitative estimate of drug-likeness (QED) is 0.667. The minimum atomic E-state index is -3.77. The minimum absolute atomic E-state index is 0.0107. The van der Waals surface area contributed by atoms with Crippen LogP contribution in [0.1, 0.15) is 17.4 Å². The van der Waals surface area contributed by atoms with Crippen LogP contribution < -0.4 is 5.56 Å². The fraction of sp³-hybridized carbons (Fsp3) is 0.235. The number of benzene rings is 1. The highest BCUT2D eigenvalue weighted by atomic mass is 35.5. The summed E-state index contributed by atoms with van der Waals surface area (Å²) in [5.41, 5.74) is 0.571. The van der Waals surface area contributed by atoms with E-state index in [4.69, 9.17) is 27.7 Å². The van der Waals surface area contributed by atoms with Crippen molar-refractivity contribution in [3.05, 3.63) is 62.3 Å². The summed E-state index contributed by atoms with van der Waals surface area (Å²) in [7, 11) is -3.77. The molecule has 1 N–H and O–H groups in total. The molecule has 1 saturated heterocycles. The lowest BCUT2D eigenvalue weighted by Gasteiger charge is -2.36. The Bertz CT molecular complexity index is 1220. The number of aryl methyl sites for hydroxylation is 1. The molecular formula is C17H14Cl2N4O4S. The van der Waals surface area contributed by atoms with E-state index >= 15 is 0 Å². The average molecular weight is 441 g/mol. The Morgan fingerprint density at radius 1 is 1.25 bits per heavy atom. The van der Waals surface area contributed by atoms with Crippen molar-refractivity contribution >= 4 is 33.2 Å². The van der Waals surface area contributed by atoms with Gasteiger partial charge in [-0.2, -0.15) is 9.29 Å². The summed E-state index contributed by atoms with van der Waals surface area (Å²) < 4.78 is 32.2. The summed E-state index contributed by atoms with van der Waals surface area (Å²) in [5.74, 6) is 0.184. The normalized spacial score (nSPS) is 15.5. The van der Waals surface area contributed by atoms with Gasteiger partial charge in [0.05, 0.1) is 16.5 Å². The van der Waals surface area contributed by atoms with E-state index in [1.54, 1.807) is 19.1 Å². The van der Waals surface area contributed by atoms with Gasteiger partial charge in [0.25, 0.3) is 5.56 Å². The molecule has 28 heavy (non-hydrogen) atoms. The Morgan fingerprint density at radius 3 is 2.71 bits per heavy atom. The van der Waals surface area contributed by atoms with Crippen molar-refractivity contribution in [2.45, 2.75) is 17.7 Å². The van der Waals surface area contributed by atoms with Crippen molar-refractivity contribution in [3.63, 3.8) is 0 Å². The van der Waals surface area contributed by atoms with Crippen molar-refractivity contribution in [1.82, 2.24) is 19.4 Å². The topological polar surface area (TPSA) is 109 Å². The van der Waals surface area contributed by atoms with Crippen LogP contribution in [-0.4, -0.2) is 40.9 Å². The maximum absolute atomic E-state index is 12.8. The van der Waals surface area contributed by atoms with Crippen LogP contribution in [0.4, 0.5) is 0 Å². The number of rotatable bonds is 4. The predicted molar refractivity (Wildman–Crippen MR) is 103 cm³/mol. The third-order valence-electron chi connectivity index (χ3n) is 4.53. The molecule has 0 atom stereocenters. The second kappa shape index (κ2) is 7.00. The molecule has 4 rings (SSSR count). The summed E-state index contributed by atoms with van der Waals surface area (Å²) in [5, 5.41) is 4.30. The van der Waals surface area contributed by atoms with Crippen LogP contribution in [0.25, 0.3) is 11.4 Å². The van der Waals surface area contributed by atoms with Crippen LogP contribution in [0, 0.1) is 6.92 Å². The van der Waals surface area contributed by atoms with E-state index < -0.39 is 10.0 Å². The molecule has 0 spiro atoms. The molecule has 1 fully saturated rings. The lowest BCUT2D eigenvalue weighted by atomic mass is 10.0. The third kappa shape index (κ3) is 3.24. The van der Waals surface area contributed by atoms with Crippen LogP contribution in [-0.2, 0) is 10.0 Å². The molecule has 8 nitrogen and oxygen atoms in total. The number of sulfonamides is 1. The number of pyridine rings is 1. The molecule has 3 heterocycles. The van der Waals surface area contributed by atoms with E-state index in [2.05, 4.69) is 15.1 Å². The smallest absolute Gasteiger partial charge is 0.259 e. The summed E-state index contributed by atoms with van der Waals surface area (Å²) in [6.45, 7) is 2.06.